The molecule has 6 heteroatoms. The highest BCUT2D eigenvalue weighted by Crippen LogP contribution is 2.34. The zero-order chi connectivity index (χ0) is 15.7. The van der Waals surface area contributed by atoms with Crippen molar-refractivity contribution in [3.63, 3.8) is 0 Å². The molecule has 22 heavy (non-hydrogen) atoms. The molecule has 0 saturated heterocycles. The Morgan fingerprint density at radius 1 is 1.23 bits per heavy atom. The summed E-state index contributed by atoms with van der Waals surface area (Å²) in [6, 6.07) is 4.64. The monoisotopic (exact) mass is 321 g/mol. The average molecular weight is 321 g/mol. The number of hydrogen-bond acceptors (Lipinski definition) is 4. The van der Waals surface area contributed by atoms with Gasteiger partial charge in [-0.1, -0.05) is 25.3 Å². The minimum Gasteiger partial charge on any atom is -0.465 e. The molecule has 0 spiro atoms. The van der Waals surface area contributed by atoms with E-state index in [4.69, 9.17) is 0 Å². The summed E-state index contributed by atoms with van der Waals surface area (Å²) in [5, 5.41) is 0. The Kier molecular flexibility index (Phi) is 3.95. The first-order valence-electron chi connectivity index (χ1n) is 7.48. The number of benzene rings is 1. The average Bonchev–Trinajstić information content (AvgIpc) is 2.54. The first-order chi connectivity index (χ1) is 10.5. The van der Waals surface area contributed by atoms with Crippen LogP contribution in [0.4, 0.5) is 0 Å². The lowest BCUT2D eigenvalue weighted by molar-refractivity contribution is 0.0600. The first-order valence-corrected chi connectivity index (χ1v) is 8.96. The minimum absolute atomic E-state index is 0.134. The molecule has 1 N–H and O–H groups in total. The highest BCUT2D eigenvalue weighted by molar-refractivity contribution is 7.89. The molecule has 1 aromatic rings. The van der Waals surface area contributed by atoms with Gasteiger partial charge >= 0.3 is 5.97 Å². The number of carbonyl (C=O) groups is 1. The van der Waals surface area contributed by atoms with Crippen molar-refractivity contribution in [2.24, 2.45) is 5.92 Å². The molecule has 0 unspecified atom stereocenters. The lowest BCUT2D eigenvalue weighted by atomic mass is 9.86. The normalized spacial score (nSPS) is 20.5. The van der Waals surface area contributed by atoms with E-state index in [1.54, 1.807) is 12.1 Å². The second-order valence-electron chi connectivity index (χ2n) is 5.78. The van der Waals surface area contributed by atoms with Crippen molar-refractivity contribution in [3.05, 3.63) is 35.0 Å². The summed E-state index contributed by atoms with van der Waals surface area (Å²) in [5.41, 5.74) is 1.64. The Morgan fingerprint density at radius 3 is 2.64 bits per heavy atom. The number of allylic oxidation sites excluding steroid dienone is 1. The quantitative estimate of drug-likeness (QED) is 0.850. The molecule has 1 fully saturated rings. The van der Waals surface area contributed by atoms with Gasteiger partial charge in [0.2, 0.25) is 0 Å². The van der Waals surface area contributed by atoms with Gasteiger partial charge in [-0.25, -0.2) is 13.2 Å². The highest BCUT2D eigenvalue weighted by atomic mass is 32.2. The van der Waals surface area contributed by atoms with Crippen molar-refractivity contribution in [2.75, 3.05) is 7.11 Å². The predicted octanol–water partition coefficient (Wildman–Crippen LogP) is 2.69. The van der Waals surface area contributed by atoms with Crippen LogP contribution in [-0.4, -0.2) is 21.5 Å². The number of esters is 1. The fourth-order valence-corrected chi connectivity index (χ4v) is 4.52. The second kappa shape index (κ2) is 5.76. The van der Waals surface area contributed by atoms with Crippen LogP contribution < -0.4 is 4.72 Å². The van der Waals surface area contributed by atoms with Gasteiger partial charge in [-0.2, -0.15) is 0 Å². The summed E-state index contributed by atoms with van der Waals surface area (Å²) < 4.78 is 32.3. The third-order valence-corrected chi connectivity index (χ3v) is 5.77. The largest absolute Gasteiger partial charge is 0.465 e. The summed E-state index contributed by atoms with van der Waals surface area (Å²) in [6.07, 6.45) is 7.42. The number of hydrogen-bond donors (Lipinski definition) is 1. The summed E-state index contributed by atoms with van der Waals surface area (Å²) in [5.74, 6) is -0.267. The van der Waals surface area contributed by atoms with Crippen LogP contribution in [0.3, 0.4) is 0 Å². The van der Waals surface area contributed by atoms with Gasteiger partial charge in [0.05, 0.1) is 17.6 Å². The molecule has 3 rings (SSSR count). The van der Waals surface area contributed by atoms with E-state index in [1.165, 1.54) is 19.6 Å². The van der Waals surface area contributed by atoms with E-state index < -0.39 is 16.0 Å². The van der Waals surface area contributed by atoms with E-state index in [-0.39, 0.29) is 16.4 Å². The van der Waals surface area contributed by atoms with E-state index in [0.717, 1.165) is 31.4 Å². The molecule has 118 valence electrons. The molecule has 0 amide bonds. The number of rotatable bonds is 2. The van der Waals surface area contributed by atoms with Gasteiger partial charge in [0.15, 0.2) is 0 Å². The molecule has 0 bridgehead atoms. The van der Waals surface area contributed by atoms with Crippen LogP contribution in [0.15, 0.2) is 28.8 Å². The maximum absolute atomic E-state index is 12.5. The molecule has 0 aromatic heterocycles. The van der Waals surface area contributed by atoms with E-state index in [9.17, 15) is 13.2 Å². The molecule has 1 heterocycles. The Hall–Kier alpha value is -1.82. The SMILES string of the molecule is COC(=O)c1ccc2c(c1)S(=O)(=O)NC(C1CCCCC1)=C2. The number of fused-ring (bicyclic) bond motifs is 1. The summed E-state index contributed by atoms with van der Waals surface area (Å²) >= 11 is 0. The molecule has 1 aliphatic heterocycles. The van der Waals surface area contributed by atoms with Crippen molar-refractivity contribution in [1.29, 1.82) is 0 Å². The number of sulfonamides is 1. The van der Waals surface area contributed by atoms with E-state index in [2.05, 4.69) is 9.46 Å². The fraction of sp³-hybridized carbons (Fsp3) is 0.438. The standard InChI is InChI=1S/C16H19NO4S/c1-21-16(18)13-8-7-12-9-14(11-5-3-2-4-6-11)17-22(19,20)15(12)10-13/h7-11,17H,2-6H2,1H3. The van der Waals surface area contributed by atoms with E-state index in [1.807, 2.05) is 6.08 Å². The molecule has 5 nitrogen and oxygen atoms in total. The van der Waals surface area contributed by atoms with Crippen LogP contribution in [0.5, 0.6) is 0 Å². The van der Waals surface area contributed by atoms with Crippen LogP contribution in [0.2, 0.25) is 0 Å². The summed E-state index contributed by atoms with van der Waals surface area (Å²) in [7, 11) is -2.36. The Morgan fingerprint density at radius 2 is 1.95 bits per heavy atom. The van der Waals surface area contributed by atoms with E-state index >= 15 is 0 Å². The maximum atomic E-state index is 12.5. The molecule has 0 radical (unpaired) electrons. The lowest BCUT2D eigenvalue weighted by Crippen LogP contribution is -2.31. The van der Waals surface area contributed by atoms with Crippen LogP contribution in [0.25, 0.3) is 6.08 Å². The zero-order valence-corrected chi connectivity index (χ0v) is 13.3. The van der Waals surface area contributed by atoms with Gasteiger partial charge in [0.1, 0.15) is 0 Å². The fourth-order valence-electron chi connectivity index (χ4n) is 3.15. The van der Waals surface area contributed by atoms with Crippen LogP contribution >= 0.6 is 0 Å². The van der Waals surface area contributed by atoms with Crippen molar-refractivity contribution in [2.45, 2.75) is 37.0 Å². The predicted molar refractivity (Wildman–Crippen MR) is 82.7 cm³/mol. The lowest BCUT2D eigenvalue weighted by Gasteiger charge is -2.28. The van der Waals surface area contributed by atoms with Gasteiger partial charge < -0.3 is 4.74 Å². The maximum Gasteiger partial charge on any atom is 0.337 e. The molecule has 1 aromatic carbocycles. The Bertz CT molecular complexity index is 731. The third kappa shape index (κ3) is 2.75. The third-order valence-electron chi connectivity index (χ3n) is 4.33. The highest BCUT2D eigenvalue weighted by Gasteiger charge is 2.29. The minimum atomic E-state index is -3.63. The van der Waals surface area contributed by atoms with Crippen molar-refractivity contribution >= 4 is 22.1 Å². The number of carbonyl (C=O) groups excluding carboxylic acids is 1. The Labute approximate surface area is 130 Å². The second-order valence-corrected chi connectivity index (χ2v) is 7.44. The number of methoxy groups -OCH3 is 1. The van der Waals surface area contributed by atoms with Crippen LogP contribution in [-0.2, 0) is 14.8 Å². The number of nitrogens with one attached hydrogen (secondary N) is 1. The molecule has 1 saturated carbocycles. The smallest absolute Gasteiger partial charge is 0.337 e. The molecular weight excluding hydrogens is 302 g/mol. The van der Waals surface area contributed by atoms with Gasteiger partial charge in [0, 0.05) is 5.70 Å². The number of ether oxygens (including phenoxy) is 1. The molecule has 0 atom stereocenters. The van der Waals surface area contributed by atoms with Crippen molar-refractivity contribution < 1.29 is 17.9 Å². The van der Waals surface area contributed by atoms with Gasteiger partial charge in [-0.05, 0) is 42.5 Å². The summed E-state index contributed by atoms with van der Waals surface area (Å²) in [6.45, 7) is 0. The van der Waals surface area contributed by atoms with Gasteiger partial charge in [-0.3, -0.25) is 4.72 Å². The molecule has 1 aliphatic carbocycles. The van der Waals surface area contributed by atoms with Crippen LogP contribution in [0, 0.1) is 5.92 Å². The Balaban J connectivity index is 2.01. The van der Waals surface area contributed by atoms with E-state index in [0.29, 0.717) is 5.56 Å². The van der Waals surface area contributed by atoms with Crippen molar-refractivity contribution in [3.8, 4) is 0 Å². The zero-order valence-electron chi connectivity index (χ0n) is 12.5. The topological polar surface area (TPSA) is 72.5 Å². The molecule has 2 aliphatic rings. The van der Waals surface area contributed by atoms with Gasteiger partial charge in [0.25, 0.3) is 10.0 Å². The van der Waals surface area contributed by atoms with Gasteiger partial charge in [-0.15, -0.1) is 0 Å². The molecular formula is C16H19NO4S. The first kappa shape index (κ1) is 15.1. The van der Waals surface area contributed by atoms with Crippen molar-refractivity contribution in [1.82, 2.24) is 4.72 Å². The van der Waals surface area contributed by atoms with Crippen LogP contribution in [0.1, 0.15) is 48.0 Å². The summed E-state index contributed by atoms with van der Waals surface area (Å²) in [4.78, 5) is 11.7.